The van der Waals surface area contributed by atoms with E-state index < -0.39 is 0 Å². The fraction of sp³-hybridized carbons (Fsp3) is 0.625. The third-order valence-electron chi connectivity index (χ3n) is 3.02. The molecule has 1 aromatic rings. The summed E-state index contributed by atoms with van der Waals surface area (Å²) in [7, 11) is 0. The van der Waals surface area contributed by atoms with Crippen molar-refractivity contribution in [3.05, 3.63) is 24.0 Å². The van der Waals surface area contributed by atoms with Crippen LogP contribution in [-0.2, 0) is 11.2 Å². The number of rotatable bonds is 10. The van der Waals surface area contributed by atoms with Crippen molar-refractivity contribution in [2.45, 2.75) is 40.0 Å². The molecule has 1 aromatic heterocycles. The molecule has 0 fully saturated rings. The monoisotopic (exact) mass is 278 g/mol. The standard InChI is InChI=1S/C16H26N2O2/c1-4-17-9-5-6-10-20-15-8-7-14(18-12-15)11-16(2,3)13-19/h7-8,12-13,17H,4-6,9-11H2,1-3H3. The molecule has 0 spiro atoms. The van der Waals surface area contributed by atoms with Gasteiger partial charge in [0.25, 0.3) is 0 Å². The minimum atomic E-state index is -0.359. The summed E-state index contributed by atoms with van der Waals surface area (Å²) < 4.78 is 5.64. The van der Waals surface area contributed by atoms with Gasteiger partial charge < -0.3 is 14.8 Å². The zero-order valence-electron chi connectivity index (χ0n) is 12.8. The van der Waals surface area contributed by atoms with E-state index in [2.05, 4.69) is 17.2 Å². The largest absolute Gasteiger partial charge is 0.492 e. The molecule has 4 nitrogen and oxygen atoms in total. The molecule has 1 N–H and O–H groups in total. The maximum Gasteiger partial charge on any atom is 0.137 e. The molecule has 0 aliphatic carbocycles. The van der Waals surface area contributed by atoms with Crippen molar-refractivity contribution in [3.8, 4) is 5.75 Å². The zero-order valence-corrected chi connectivity index (χ0v) is 12.8. The number of unbranched alkanes of at least 4 members (excludes halogenated alkanes) is 1. The Morgan fingerprint density at radius 1 is 1.35 bits per heavy atom. The van der Waals surface area contributed by atoms with E-state index in [-0.39, 0.29) is 5.41 Å². The predicted octanol–water partition coefficient (Wildman–Crippen LogP) is 2.62. The third-order valence-corrected chi connectivity index (χ3v) is 3.02. The first-order valence-electron chi connectivity index (χ1n) is 7.32. The smallest absolute Gasteiger partial charge is 0.137 e. The van der Waals surface area contributed by atoms with Gasteiger partial charge in [0, 0.05) is 17.5 Å². The van der Waals surface area contributed by atoms with E-state index in [4.69, 9.17) is 4.74 Å². The number of pyridine rings is 1. The van der Waals surface area contributed by atoms with Crippen LogP contribution in [0, 0.1) is 5.41 Å². The number of hydrogen-bond donors (Lipinski definition) is 1. The van der Waals surface area contributed by atoms with Gasteiger partial charge in [-0.15, -0.1) is 0 Å². The minimum Gasteiger partial charge on any atom is -0.492 e. The van der Waals surface area contributed by atoms with Crippen LogP contribution in [-0.4, -0.2) is 31.0 Å². The predicted molar refractivity (Wildman–Crippen MR) is 81.1 cm³/mol. The molecule has 0 atom stereocenters. The van der Waals surface area contributed by atoms with Gasteiger partial charge in [-0.3, -0.25) is 4.98 Å². The second kappa shape index (κ2) is 8.69. The van der Waals surface area contributed by atoms with Gasteiger partial charge in [0.1, 0.15) is 12.0 Å². The van der Waals surface area contributed by atoms with Gasteiger partial charge >= 0.3 is 0 Å². The number of carbonyl (C=O) groups is 1. The molecule has 1 rings (SSSR count). The Morgan fingerprint density at radius 2 is 2.15 bits per heavy atom. The Kier molecular flexibility index (Phi) is 7.23. The van der Waals surface area contributed by atoms with Gasteiger partial charge in [0.2, 0.25) is 0 Å². The molecule has 0 saturated carbocycles. The Hall–Kier alpha value is -1.42. The summed E-state index contributed by atoms with van der Waals surface area (Å²) in [6.45, 7) is 8.70. The van der Waals surface area contributed by atoms with Gasteiger partial charge in [-0.1, -0.05) is 20.8 Å². The average Bonchev–Trinajstić information content (AvgIpc) is 2.44. The van der Waals surface area contributed by atoms with Gasteiger partial charge in [-0.2, -0.15) is 0 Å². The second-order valence-corrected chi connectivity index (χ2v) is 5.68. The number of nitrogens with one attached hydrogen (secondary N) is 1. The Labute approximate surface area is 121 Å². The molecule has 0 bridgehead atoms. The molecule has 0 amide bonds. The Bertz CT molecular complexity index is 388. The molecular weight excluding hydrogens is 252 g/mol. The van der Waals surface area contributed by atoms with Crippen LogP contribution in [0.15, 0.2) is 18.3 Å². The van der Waals surface area contributed by atoms with Crippen molar-refractivity contribution in [2.75, 3.05) is 19.7 Å². The third kappa shape index (κ3) is 6.66. The number of hydrogen-bond acceptors (Lipinski definition) is 4. The summed E-state index contributed by atoms with van der Waals surface area (Å²) in [6, 6.07) is 3.85. The summed E-state index contributed by atoms with van der Waals surface area (Å²) in [4.78, 5) is 15.2. The second-order valence-electron chi connectivity index (χ2n) is 5.68. The van der Waals surface area contributed by atoms with Crippen LogP contribution in [0.2, 0.25) is 0 Å². The Morgan fingerprint density at radius 3 is 2.75 bits per heavy atom. The molecule has 112 valence electrons. The molecule has 0 aliphatic rings. The number of aldehydes is 1. The topological polar surface area (TPSA) is 51.2 Å². The maximum atomic E-state index is 10.9. The van der Waals surface area contributed by atoms with Crippen LogP contribution >= 0.6 is 0 Å². The molecule has 0 aliphatic heterocycles. The maximum absolute atomic E-state index is 10.9. The van der Waals surface area contributed by atoms with Gasteiger partial charge in [0.05, 0.1) is 12.8 Å². The lowest BCUT2D eigenvalue weighted by atomic mass is 9.89. The first-order chi connectivity index (χ1) is 9.57. The molecule has 20 heavy (non-hydrogen) atoms. The van der Waals surface area contributed by atoms with Crippen LogP contribution in [0.1, 0.15) is 39.3 Å². The van der Waals surface area contributed by atoms with E-state index in [0.29, 0.717) is 13.0 Å². The van der Waals surface area contributed by atoms with Crippen molar-refractivity contribution >= 4 is 6.29 Å². The van der Waals surface area contributed by atoms with Gasteiger partial charge in [-0.25, -0.2) is 0 Å². The van der Waals surface area contributed by atoms with E-state index in [1.54, 1.807) is 6.20 Å². The summed E-state index contributed by atoms with van der Waals surface area (Å²) in [5.41, 5.74) is 0.559. The Balaban J connectivity index is 2.30. The van der Waals surface area contributed by atoms with E-state index in [0.717, 1.165) is 43.7 Å². The molecule has 1 heterocycles. The summed E-state index contributed by atoms with van der Waals surface area (Å²) in [6.07, 6.45) is 5.52. The fourth-order valence-electron chi connectivity index (χ4n) is 1.83. The molecule has 0 radical (unpaired) electrons. The highest BCUT2D eigenvalue weighted by Crippen LogP contribution is 2.19. The van der Waals surface area contributed by atoms with Crippen molar-refractivity contribution in [1.29, 1.82) is 0 Å². The van der Waals surface area contributed by atoms with E-state index in [1.807, 2.05) is 26.0 Å². The summed E-state index contributed by atoms with van der Waals surface area (Å²) in [5, 5.41) is 3.29. The first-order valence-corrected chi connectivity index (χ1v) is 7.32. The average molecular weight is 278 g/mol. The van der Waals surface area contributed by atoms with Gasteiger partial charge in [-0.05, 0) is 38.1 Å². The SMILES string of the molecule is CCNCCCCOc1ccc(CC(C)(C)C=O)nc1. The summed E-state index contributed by atoms with van der Waals surface area (Å²) >= 11 is 0. The highest BCUT2D eigenvalue weighted by atomic mass is 16.5. The van der Waals surface area contributed by atoms with Crippen molar-refractivity contribution < 1.29 is 9.53 Å². The van der Waals surface area contributed by atoms with Crippen molar-refractivity contribution in [3.63, 3.8) is 0 Å². The zero-order chi connectivity index (χ0) is 14.8. The van der Waals surface area contributed by atoms with E-state index >= 15 is 0 Å². The van der Waals surface area contributed by atoms with Crippen LogP contribution < -0.4 is 10.1 Å². The van der Waals surface area contributed by atoms with E-state index in [9.17, 15) is 4.79 Å². The molecule has 0 unspecified atom stereocenters. The van der Waals surface area contributed by atoms with Crippen LogP contribution in [0.3, 0.4) is 0 Å². The lowest BCUT2D eigenvalue weighted by Gasteiger charge is -2.15. The normalized spacial score (nSPS) is 11.3. The quantitative estimate of drug-likeness (QED) is 0.528. The molecular formula is C16H26N2O2. The van der Waals surface area contributed by atoms with Crippen molar-refractivity contribution in [1.82, 2.24) is 10.3 Å². The molecule has 4 heteroatoms. The number of aromatic nitrogens is 1. The van der Waals surface area contributed by atoms with Crippen molar-refractivity contribution in [2.24, 2.45) is 5.41 Å². The first kappa shape index (κ1) is 16.6. The highest BCUT2D eigenvalue weighted by Gasteiger charge is 2.17. The number of nitrogens with zero attached hydrogens (tertiary/aromatic N) is 1. The molecule has 0 saturated heterocycles. The minimum absolute atomic E-state index is 0.359. The van der Waals surface area contributed by atoms with Crippen LogP contribution in [0.25, 0.3) is 0 Å². The van der Waals surface area contributed by atoms with E-state index in [1.165, 1.54) is 0 Å². The fourth-order valence-corrected chi connectivity index (χ4v) is 1.83. The lowest BCUT2D eigenvalue weighted by molar-refractivity contribution is -0.114. The van der Waals surface area contributed by atoms with Crippen LogP contribution in [0.4, 0.5) is 0 Å². The highest BCUT2D eigenvalue weighted by molar-refractivity contribution is 5.58. The lowest BCUT2D eigenvalue weighted by Crippen LogP contribution is -2.17. The number of ether oxygens (including phenoxy) is 1. The molecule has 0 aromatic carbocycles. The summed E-state index contributed by atoms with van der Waals surface area (Å²) in [5.74, 6) is 0.793. The van der Waals surface area contributed by atoms with Gasteiger partial charge in [0.15, 0.2) is 0 Å². The number of carbonyl (C=O) groups excluding carboxylic acids is 1. The van der Waals surface area contributed by atoms with Crippen LogP contribution in [0.5, 0.6) is 5.75 Å².